The normalized spacial score (nSPS) is 23.8. The van der Waals surface area contributed by atoms with Crippen molar-refractivity contribution in [3.8, 4) is 0 Å². The number of piperidine rings is 1. The van der Waals surface area contributed by atoms with E-state index in [-0.39, 0.29) is 38.9 Å². The van der Waals surface area contributed by atoms with Gasteiger partial charge in [0, 0.05) is 37.0 Å². The van der Waals surface area contributed by atoms with E-state index in [4.69, 9.17) is 17.2 Å². The van der Waals surface area contributed by atoms with E-state index in [1.165, 1.54) is 30.3 Å². The van der Waals surface area contributed by atoms with Crippen molar-refractivity contribution in [2.75, 3.05) is 0 Å². The van der Waals surface area contributed by atoms with Crippen molar-refractivity contribution >= 4 is 35.2 Å². The van der Waals surface area contributed by atoms with E-state index in [1.54, 1.807) is 0 Å². The molecule has 0 spiro atoms. The van der Waals surface area contributed by atoms with E-state index in [9.17, 15) is 28.0 Å². The second-order valence-corrected chi connectivity index (χ2v) is 7.66. The van der Waals surface area contributed by atoms with Crippen LogP contribution in [0.3, 0.4) is 0 Å². The summed E-state index contributed by atoms with van der Waals surface area (Å²) >= 11 is 5.69. The number of hydrogen-bond acceptors (Lipinski definition) is 4. The van der Waals surface area contributed by atoms with Gasteiger partial charge in [0.25, 0.3) is 11.8 Å². The van der Waals surface area contributed by atoms with Gasteiger partial charge in [-0.25, -0.2) is 0 Å². The van der Waals surface area contributed by atoms with Crippen molar-refractivity contribution in [2.45, 2.75) is 37.8 Å². The molecule has 166 valence electrons. The Labute approximate surface area is 192 Å². The van der Waals surface area contributed by atoms with Gasteiger partial charge in [0.05, 0.1) is 1.37 Å². The Balaban J connectivity index is 1.55. The Hall–Kier alpha value is -3.33. The van der Waals surface area contributed by atoms with Crippen LogP contribution in [0.2, 0.25) is 7.85 Å². The molecule has 1 saturated heterocycles. The minimum absolute atomic E-state index is 0.0339. The Morgan fingerprint density at radius 3 is 2.75 bits per heavy atom. The second kappa shape index (κ2) is 8.31. The number of imide groups is 1. The number of carbonyl (C=O) groups is 4. The first kappa shape index (κ1) is 17.3. The largest absolute Gasteiger partial charge is 0.349 e. The van der Waals surface area contributed by atoms with Gasteiger partial charge in [-0.3, -0.25) is 24.5 Å². The van der Waals surface area contributed by atoms with Gasteiger partial charge in [0.2, 0.25) is 11.8 Å². The molecule has 32 heavy (non-hydrogen) atoms. The topological polar surface area (TPSA) is 95.6 Å². The van der Waals surface area contributed by atoms with Crippen LogP contribution in [0.1, 0.15) is 42.6 Å². The minimum Gasteiger partial charge on any atom is -0.346 e. The SMILES string of the molecule is [2H]C1CC(=O)N([2H])C(=O)C1N1Cc2cc(C([2H])N([2H])C(=O)C(F)(F)c3ccc(Cl)cc3)ccc2C1=O. The first-order chi connectivity index (χ1) is 16.8. The lowest BCUT2D eigenvalue weighted by Crippen LogP contribution is -2.52. The van der Waals surface area contributed by atoms with Gasteiger partial charge < -0.3 is 10.2 Å². The molecule has 3 atom stereocenters. The number of benzene rings is 2. The van der Waals surface area contributed by atoms with Gasteiger partial charge in [-0.15, -0.1) is 0 Å². The molecule has 0 radical (unpaired) electrons. The molecule has 2 aromatic rings. The number of halogens is 3. The molecule has 4 amide bonds. The molecule has 0 aromatic heterocycles. The first-order valence-corrected chi connectivity index (χ1v) is 9.82. The highest BCUT2D eigenvalue weighted by atomic mass is 35.5. The zero-order chi connectivity index (χ0) is 26.5. The number of alkyl halides is 2. The molecule has 2 aromatic carbocycles. The predicted molar refractivity (Wildman–Crippen MR) is 110 cm³/mol. The second-order valence-electron chi connectivity index (χ2n) is 7.22. The van der Waals surface area contributed by atoms with E-state index in [0.717, 1.165) is 17.0 Å². The zero-order valence-corrected chi connectivity index (χ0v) is 17.1. The van der Waals surface area contributed by atoms with Crippen LogP contribution in [0.5, 0.6) is 0 Å². The van der Waals surface area contributed by atoms with E-state index < -0.39 is 60.5 Å². The lowest BCUT2D eigenvalue weighted by molar-refractivity contribution is -0.147. The van der Waals surface area contributed by atoms with E-state index >= 15 is 0 Å². The van der Waals surface area contributed by atoms with Crippen LogP contribution in [0, 0.1) is 0 Å². The molecular weight excluding hydrogens is 444 g/mol. The summed E-state index contributed by atoms with van der Waals surface area (Å²) in [6.07, 6.45) is -1.69. The van der Waals surface area contributed by atoms with Crippen molar-refractivity contribution in [1.29, 1.82) is 0 Å². The Morgan fingerprint density at radius 2 is 2.03 bits per heavy atom. The van der Waals surface area contributed by atoms with Crippen LogP contribution in [0.25, 0.3) is 0 Å². The molecule has 10 heteroatoms. The summed E-state index contributed by atoms with van der Waals surface area (Å²) in [6, 6.07) is 6.65. The summed E-state index contributed by atoms with van der Waals surface area (Å²) in [5, 5.41) is 0.138. The monoisotopic (exact) mass is 465 g/mol. The Bertz CT molecular complexity index is 1270. The average Bonchev–Trinajstić information content (AvgIpc) is 3.16. The summed E-state index contributed by atoms with van der Waals surface area (Å²) < 4.78 is 61.1. The molecule has 0 bridgehead atoms. The quantitative estimate of drug-likeness (QED) is 0.663. The van der Waals surface area contributed by atoms with Gasteiger partial charge in [0.1, 0.15) is 6.04 Å². The number of amides is 4. The molecule has 0 saturated carbocycles. The maximum atomic E-state index is 14.7. The summed E-state index contributed by atoms with van der Waals surface area (Å²) in [4.78, 5) is 50.4. The van der Waals surface area contributed by atoms with Gasteiger partial charge >= 0.3 is 5.92 Å². The molecular formula is C22H18ClF2N3O4. The maximum absolute atomic E-state index is 14.7. The standard InChI is InChI=1S/C22H18ClF2N3O4/c23-15-4-2-14(3-5-15)22(24,25)21(32)26-10-12-1-6-16-13(9-12)11-28(20(16)31)17-7-8-18(29)27-19(17)30/h1-6,9,17H,7-8,10-11H2,(H,26,32)(H,27,29,30)/i7D,10D/hD2. The van der Waals surface area contributed by atoms with Crippen LogP contribution >= 0.6 is 11.6 Å². The molecule has 2 N–H and O–H groups in total. The van der Waals surface area contributed by atoms with Crippen molar-refractivity contribution in [3.63, 3.8) is 0 Å². The third kappa shape index (κ3) is 4.08. The molecule has 1 fully saturated rings. The van der Waals surface area contributed by atoms with E-state index in [0.29, 0.717) is 0 Å². The number of rotatable bonds is 5. The molecule has 0 aliphatic carbocycles. The summed E-state index contributed by atoms with van der Waals surface area (Å²) in [5.74, 6) is -8.54. The molecule has 2 aliphatic heterocycles. The third-order valence-electron chi connectivity index (χ3n) is 5.11. The lowest BCUT2D eigenvalue weighted by Gasteiger charge is -2.29. The Morgan fingerprint density at radius 1 is 1.31 bits per heavy atom. The predicted octanol–water partition coefficient (Wildman–Crippen LogP) is 2.51. The smallest absolute Gasteiger partial charge is 0.346 e. The minimum atomic E-state index is -4.10. The molecule has 4 rings (SSSR count). The van der Waals surface area contributed by atoms with Crippen molar-refractivity contribution in [3.05, 3.63) is 69.7 Å². The van der Waals surface area contributed by atoms with Crippen LogP contribution in [0.4, 0.5) is 8.78 Å². The first-order valence-electron chi connectivity index (χ1n) is 11.5. The highest BCUT2D eigenvalue weighted by Gasteiger charge is 2.41. The summed E-state index contributed by atoms with van der Waals surface area (Å²) in [7, 11) is 0. The maximum Gasteiger partial charge on any atom is 0.349 e. The lowest BCUT2D eigenvalue weighted by atomic mass is 10.0. The number of hydrogen-bond donors (Lipinski definition) is 2. The molecule has 2 heterocycles. The fourth-order valence-corrected chi connectivity index (χ4v) is 3.60. The number of carbonyl (C=O) groups excluding carboxylic acids is 4. The average molecular weight is 466 g/mol. The number of nitrogens with one attached hydrogen (secondary N) is 2. The van der Waals surface area contributed by atoms with Crippen molar-refractivity contribution in [1.82, 2.24) is 15.5 Å². The van der Waals surface area contributed by atoms with Crippen LogP contribution in [-0.2, 0) is 33.4 Å². The van der Waals surface area contributed by atoms with Gasteiger partial charge in [-0.05, 0) is 35.7 Å². The highest BCUT2D eigenvalue weighted by Crippen LogP contribution is 2.30. The molecule has 3 unspecified atom stereocenters. The van der Waals surface area contributed by atoms with Crippen molar-refractivity contribution < 1.29 is 33.5 Å². The Kier molecular flexibility index (Phi) is 4.48. The van der Waals surface area contributed by atoms with E-state index in [2.05, 4.69) is 0 Å². The van der Waals surface area contributed by atoms with Crippen molar-refractivity contribution in [2.24, 2.45) is 0 Å². The number of nitrogens with zero attached hydrogens (tertiary/aromatic N) is 1. The van der Waals surface area contributed by atoms with Crippen LogP contribution < -0.4 is 10.6 Å². The number of fused-ring (bicyclic) bond motifs is 1. The van der Waals surface area contributed by atoms with Gasteiger partial charge in [-0.2, -0.15) is 8.78 Å². The molecule has 7 nitrogen and oxygen atoms in total. The fraction of sp³-hybridized carbons (Fsp3) is 0.273. The van der Waals surface area contributed by atoms with Crippen LogP contribution in [-0.4, -0.2) is 34.6 Å². The van der Waals surface area contributed by atoms with Gasteiger partial charge in [0.15, 0.2) is 2.82 Å². The third-order valence-corrected chi connectivity index (χ3v) is 5.36. The highest BCUT2D eigenvalue weighted by molar-refractivity contribution is 6.30. The zero-order valence-electron chi connectivity index (χ0n) is 20.3. The summed E-state index contributed by atoms with van der Waals surface area (Å²) in [6.45, 7) is -2.07. The fourth-order valence-electron chi connectivity index (χ4n) is 3.47. The summed E-state index contributed by atoms with van der Waals surface area (Å²) in [5.41, 5.74) is -0.323. The van der Waals surface area contributed by atoms with Crippen LogP contribution in [0.15, 0.2) is 42.5 Å². The van der Waals surface area contributed by atoms with E-state index in [1.807, 2.05) is 0 Å². The molecule has 2 aliphatic rings. The van der Waals surface area contributed by atoms with Gasteiger partial charge in [-0.1, -0.05) is 35.9 Å².